The van der Waals surface area contributed by atoms with Crippen LogP contribution in [-0.4, -0.2) is 44.4 Å². The topological polar surface area (TPSA) is 67.8 Å². The molecule has 0 aliphatic heterocycles. The van der Waals surface area contributed by atoms with Crippen molar-refractivity contribution >= 4 is 41.3 Å². The van der Waals surface area contributed by atoms with Crippen molar-refractivity contribution in [2.75, 3.05) is 33.4 Å². The second kappa shape index (κ2) is 14.6. The van der Waals surface area contributed by atoms with Crippen LogP contribution in [0.2, 0.25) is 0 Å². The van der Waals surface area contributed by atoms with E-state index in [1.54, 1.807) is 7.11 Å². The first kappa shape index (κ1) is 25.9. The molecular weight excluding hydrogens is 523 g/mol. The van der Waals surface area contributed by atoms with Crippen molar-refractivity contribution in [2.24, 2.45) is 4.99 Å². The molecule has 1 aromatic heterocycles. The van der Waals surface area contributed by atoms with E-state index in [4.69, 9.17) is 19.5 Å². The predicted octanol–water partition coefficient (Wildman–Crippen LogP) is 4.35. The molecule has 1 aromatic carbocycles. The first-order chi connectivity index (χ1) is 14.8. The molecule has 2 aromatic rings. The molecule has 0 spiro atoms. The number of rotatable bonds is 11. The van der Waals surface area contributed by atoms with Crippen LogP contribution in [0.1, 0.15) is 47.3 Å². The van der Waals surface area contributed by atoms with Gasteiger partial charge in [0.25, 0.3) is 0 Å². The fraction of sp³-hybridized carbons (Fsp3) is 0.565. The normalized spacial score (nSPS) is 13.3. The van der Waals surface area contributed by atoms with E-state index >= 15 is 0 Å². The maximum Gasteiger partial charge on any atom is 0.191 e. The van der Waals surface area contributed by atoms with Gasteiger partial charge in [0, 0.05) is 37.6 Å². The summed E-state index contributed by atoms with van der Waals surface area (Å²) in [5, 5.41) is 8.13. The van der Waals surface area contributed by atoms with Crippen LogP contribution in [0.3, 0.4) is 0 Å². The highest BCUT2D eigenvalue weighted by Gasteiger charge is 2.14. The molecule has 31 heavy (non-hydrogen) atoms. The van der Waals surface area contributed by atoms with Crippen LogP contribution in [-0.2, 0) is 30.5 Å². The van der Waals surface area contributed by atoms with E-state index < -0.39 is 0 Å². The summed E-state index contributed by atoms with van der Waals surface area (Å²) in [5.74, 6) is 1.70. The van der Waals surface area contributed by atoms with E-state index in [1.807, 2.05) is 30.4 Å². The number of fused-ring (bicyclic) bond motifs is 1. The Balaban J connectivity index is 0.00000341. The molecule has 0 radical (unpaired) electrons. The Kier molecular flexibility index (Phi) is 12.2. The molecule has 0 saturated carbocycles. The molecule has 172 valence electrons. The molecular formula is C23H35IN4O2S. The standard InChI is InChI=1S/C23H34N4O2S.HI/c1-3-29-16-6-14-24-23(26-17-18-9-11-19(28-2)12-10-18)25-15-13-22-27-20-7-4-5-8-21(20)30-22;/h9-12H,3-8,13-17H2,1-2H3,(H2,24,25,26);1H. The lowest BCUT2D eigenvalue weighted by molar-refractivity contribution is 0.145. The number of thiazole rings is 1. The van der Waals surface area contributed by atoms with Crippen LogP contribution in [0.4, 0.5) is 0 Å². The maximum atomic E-state index is 5.43. The zero-order chi connectivity index (χ0) is 21.0. The highest BCUT2D eigenvalue weighted by Crippen LogP contribution is 2.26. The summed E-state index contributed by atoms with van der Waals surface area (Å²) in [6, 6.07) is 8.04. The Bertz CT molecular complexity index is 772. The number of halogens is 1. The Labute approximate surface area is 207 Å². The van der Waals surface area contributed by atoms with Crippen molar-refractivity contribution in [3.05, 3.63) is 45.4 Å². The quantitative estimate of drug-likeness (QED) is 0.186. The third-order valence-corrected chi connectivity index (χ3v) is 6.28. The van der Waals surface area contributed by atoms with Gasteiger partial charge < -0.3 is 20.1 Å². The molecule has 1 heterocycles. The van der Waals surface area contributed by atoms with Gasteiger partial charge in [0.15, 0.2) is 5.96 Å². The van der Waals surface area contributed by atoms with Crippen molar-refractivity contribution in [2.45, 2.75) is 52.0 Å². The van der Waals surface area contributed by atoms with Gasteiger partial charge in [-0.2, -0.15) is 0 Å². The van der Waals surface area contributed by atoms with Gasteiger partial charge in [0.05, 0.1) is 24.4 Å². The second-order valence-corrected chi connectivity index (χ2v) is 8.52. The molecule has 2 N–H and O–H groups in total. The minimum absolute atomic E-state index is 0. The largest absolute Gasteiger partial charge is 0.497 e. The van der Waals surface area contributed by atoms with Crippen molar-refractivity contribution in [3.63, 3.8) is 0 Å². The molecule has 1 aliphatic rings. The molecule has 0 saturated heterocycles. The van der Waals surface area contributed by atoms with Crippen molar-refractivity contribution in [1.82, 2.24) is 15.6 Å². The smallest absolute Gasteiger partial charge is 0.191 e. The summed E-state index contributed by atoms with van der Waals surface area (Å²) < 4.78 is 10.7. The van der Waals surface area contributed by atoms with Gasteiger partial charge in [0.1, 0.15) is 5.75 Å². The Morgan fingerprint density at radius 3 is 2.65 bits per heavy atom. The molecule has 0 atom stereocenters. The van der Waals surface area contributed by atoms with Gasteiger partial charge in [0.2, 0.25) is 0 Å². The number of benzene rings is 1. The van der Waals surface area contributed by atoms with Gasteiger partial charge in [-0.3, -0.25) is 0 Å². The van der Waals surface area contributed by atoms with E-state index in [0.29, 0.717) is 6.54 Å². The minimum Gasteiger partial charge on any atom is -0.497 e. The molecule has 3 rings (SSSR count). The lowest BCUT2D eigenvalue weighted by Crippen LogP contribution is -2.39. The van der Waals surface area contributed by atoms with Crippen LogP contribution in [0, 0.1) is 0 Å². The number of ether oxygens (including phenoxy) is 2. The SMILES string of the molecule is CCOCCCNC(=NCc1ccc(OC)cc1)NCCc1nc2c(s1)CCCC2.I. The summed E-state index contributed by atoms with van der Waals surface area (Å²) >= 11 is 1.89. The molecule has 0 unspecified atom stereocenters. The summed E-state index contributed by atoms with van der Waals surface area (Å²) in [6.07, 6.45) is 6.82. The first-order valence-electron chi connectivity index (χ1n) is 11.0. The zero-order valence-corrected chi connectivity index (χ0v) is 21.8. The fourth-order valence-electron chi connectivity index (χ4n) is 3.40. The van der Waals surface area contributed by atoms with Crippen molar-refractivity contribution < 1.29 is 9.47 Å². The molecule has 8 heteroatoms. The summed E-state index contributed by atoms with van der Waals surface area (Å²) in [5.41, 5.74) is 2.49. The van der Waals surface area contributed by atoms with E-state index in [1.165, 1.54) is 34.8 Å². The van der Waals surface area contributed by atoms with Crippen LogP contribution in [0.25, 0.3) is 0 Å². The van der Waals surface area contributed by atoms with Crippen LogP contribution < -0.4 is 15.4 Å². The van der Waals surface area contributed by atoms with Crippen LogP contribution >= 0.6 is 35.3 Å². The molecule has 0 amide bonds. The average Bonchev–Trinajstić information content (AvgIpc) is 3.20. The number of nitrogens with one attached hydrogen (secondary N) is 2. The van der Waals surface area contributed by atoms with Gasteiger partial charge in [-0.1, -0.05) is 12.1 Å². The maximum absolute atomic E-state index is 5.43. The Hall–Kier alpha value is -1.39. The van der Waals surface area contributed by atoms with Crippen molar-refractivity contribution in [3.8, 4) is 5.75 Å². The number of nitrogens with zero attached hydrogens (tertiary/aromatic N) is 2. The van der Waals surface area contributed by atoms with Crippen LogP contribution in [0.5, 0.6) is 5.75 Å². The number of methoxy groups -OCH3 is 1. The average molecular weight is 559 g/mol. The van der Waals surface area contributed by atoms with E-state index in [2.05, 4.69) is 22.8 Å². The third kappa shape index (κ3) is 8.94. The molecule has 0 bridgehead atoms. The van der Waals surface area contributed by atoms with Crippen molar-refractivity contribution in [1.29, 1.82) is 0 Å². The first-order valence-corrected chi connectivity index (χ1v) is 11.8. The number of aliphatic imine (C=N–C) groups is 1. The van der Waals surface area contributed by atoms with E-state index in [-0.39, 0.29) is 24.0 Å². The lowest BCUT2D eigenvalue weighted by Gasteiger charge is -2.12. The van der Waals surface area contributed by atoms with Gasteiger partial charge in [-0.05, 0) is 56.7 Å². The number of guanidine groups is 1. The Morgan fingerprint density at radius 2 is 1.90 bits per heavy atom. The van der Waals surface area contributed by atoms with Gasteiger partial charge in [-0.25, -0.2) is 9.98 Å². The number of hydrogen-bond acceptors (Lipinski definition) is 5. The second-order valence-electron chi connectivity index (χ2n) is 7.35. The minimum atomic E-state index is 0. The number of hydrogen-bond donors (Lipinski definition) is 2. The molecule has 0 fully saturated rings. The monoisotopic (exact) mass is 558 g/mol. The van der Waals surface area contributed by atoms with Gasteiger partial charge in [-0.15, -0.1) is 35.3 Å². The summed E-state index contributed by atoms with van der Waals surface area (Å²) in [7, 11) is 1.68. The number of aryl methyl sites for hydroxylation is 2. The highest BCUT2D eigenvalue weighted by molar-refractivity contribution is 14.0. The summed E-state index contributed by atoms with van der Waals surface area (Å²) in [4.78, 5) is 11.1. The predicted molar refractivity (Wildman–Crippen MR) is 139 cm³/mol. The van der Waals surface area contributed by atoms with E-state index in [0.717, 1.165) is 62.8 Å². The Morgan fingerprint density at radius 1 is 1.13 bits per heavy atom. The number of aromatic nitrogens is 1. The highest BCUT2D eigenvalue weighted by atomic mass is 127. The van der Waals surface area contributed by atoms with Crippen LogP contribution in [0.15, 0.2) is 29.3 Å². The van der Waals surface area contributed by atoms with E-state index in [9.17, 15) is 0 Å². The zero-order valence-electron chi connectivity index (χ0n) is 18.6. The molecule has 1 aliphatic carbocycles. The van der Waals surface area contributed by atoms with Gasteiger partial charge >= 0.3 is 0 Å². The summed E-state index contributed by atoms with van der Waals surface area (Å²) in [6.45, 7) is 5.82. The molecule has 6 nitrogen and oxygen atoms in total. The third-order valence-electron chi connectivity index (χ3n) is 5.06. The fourth-order valence-corrected chi connectivity index (χ4v) is 4.56. The lowest BCUT2D eigenvalue weighted by atomic mass is 10.0.